The Hall–Kier alpha value is 0.0300. The molecule has 1 spiro atoms. The van der Waals surface area contributed by atoms with E-state index < -0.39 is 0 Å². The van der Waals surface area contributed by atoms with Gasteiger partial charge in [0.2, 0.25) is 0 Å². The zero-order chi connectivity index (χ0) is 21.1. The molecule has 0 N–H and O–H groups in total. The Bertz CT molecular complexity index is 754. The summed E-state index contributed by atoms with van der Waals surface area (Å²) in [7, 11) is 0. The Morgan fingerprint density at radius 2 is 1.90 bits per heavy atom. The summed E-state index contributed by atoms with van der Waals surface area (Å²) in [5.74, 6) is 5.14. The number of Topliss-reactive ketones (excluding diaryl/α,β-unsaturated/α-hetero) is 1. The Morgan fingerprint density at radius 3 is 2.71 bits per heavy atom. The van der Waals surface area contributed by atoms with E-state index in [4.69, 9.17) is 9.47 Å². The summed E-state index contributed by atoms with van der Waals surface area (Å²) in [6.45, 7) is 3.99. The molecule has 0 bridgehead atoms. The van der Waals surface area contributed by atoms with Crippen LogP contribution in [0.5, 0.6) is 0 Å². The first-order chi connectivity index (χ1) is 15.0. The highest BCUT2D eigenvalue weighted by Crippen LogP contribution is 2.67. The van der Waals surface area contributed by atoms with E-state index >= 15 is 0 Å². The minimum absolute atomic E-state index is 0.00205. The summed E-state index contributed by atoms with van der Waals surface area (Å²) in [5, 5.41) is 0. The van der Waals surface area contributed by atoms with Crippen molar-refractivity contribution in [2.24, 2.45) is 28.6 Å². The Balaban J connectivity index is 1.32. The van der Waals surface area contributed by atoms with E-state index in [1.54, 1.807) is 5.57 Å². The molecule has 2 aliphatic heterocycles. The minimum Gasteiger partial charge on any atom is -0.353 e. The van der Waals surface area contributed by atoms with Crippen molar-refractivity contribution in [3.63, 3.8) is 0 Å². The molecule has 1 unspecified atom stereocenters. The largest absolute Gasteiger partial charge is 0.353 e. The smallest absolute Gasteiger partial charge is 0.157 e. The summed E-state index contributed by atoms with van der Waals surface area (Å²) < 4.78 is 12.9. The molecule has 0 aromatic carbocycles. The number of rotatable bonds is 3. The number of fused-ring (bicyclic) bond motifs is 5. The lowest BCUT2D eigenvalue weighted by Crippen LogP contribution is -2.54. The maximum absolute atomic E-state index is 12.8. The van der Waals surface area contributed by atoms with Crippen molar-refractivity contribution in [1.29, 1.82) is 0 Å². The molecule has 6 rings (SSSR count). The Kier molecular flexibility index (Phi) is 5.61. The fourth-order valence-corrected chi connectivity index (χ4v) is 11.4. The number of ether oxygens (including phenoxy) is 2. The van der Waals surface area contributed by atoms with Crippen LogP contribution in [0.15, 0.2) is 11.6 Å². The normalized spacial score (nSPS) is 46.4. The molecule has 5 heteroatoms. The van der Waals surface area contributed by atoms with Gasteiger partial charge < -0.3 is 9.47 Å². The lowest BCUT2D eigenvalue weighted by molar-refractivity contribution is -0.191. The highest BCUT2D eigenvalue weighted by Gasteiger charge is 2.61. The van der Waals surface area contributed by atoms with Crippen molar-refractivity contribution < 1.29 is 14.3 Å². The zero-order valence-corrected chi connectivity index (χ0v) is 20.7. The van der Waals surface area contributed by atoms with Crippen LogP contribution in [0.3, 0.4) is 0 Å². The third kappa shape index (κ3) is 3.42. The molecule has 6 aliphatic rings. The molecular formula is C26H38O3S2. The van der Waals surface area contributed by atoms with Crippen LogP contribution in [0.1, 0.15) is 77.6 Å². The standard InChI is InChI=1S/C26H38O3S2/c1-24-10-9-21-19(20(24)7-8-22(24)27)6-5-18-16-26(30-14-15-31-26)12-11-25(18,21)17-29-23-4-2-3-13-28-23/h16,19-21,23H,2-15,17H2,1H3/t19-,20-,21-,23?,24-,25+/m0/s1. The first-order valence-corrected chi connectivity index (χ1v) is 14.8. The number of hydrogen-bond acceptors (Lipinski definition) is 5. The average molecular weight is 463 g/mol. The third-order valence-electron chi connectivity index (χ3n) is 10.00. The van der Waals surface area contributed by atoms with Gasteiger partial charge in [0.05, 0.1) is 10.7 Å². The average Bonchev–Trinajstić information content (AvgIpc) is 3.37. The van der Waals surface area contributed by atoms with Crippen LogP contribution in [0.4, 0.5) is 0 Å². The van der Waals surface area contributed by atoms with Gasteiger partial charge >= 0.3 is 0 Å². The van der Waals surface area contributed by atoms with Crippen LogP contribution in [0, 0.1) is 28.6 Å². The summed E-state index contributed by atoms with van der Waals surface area (Å²) in [4.78, 5) is 12.8. The van der Waals surface area contributed by atoms with E-state index in [2.05, 4.69) is 36.5 Å². The van der Waals surface area contributed by atoms with E-state index in [0.717, 1.165) is 38.9 Å². The van der Waals surface area contributed by atoms with Gasteiger partial charge in [0, 0.05) is 35.4 Å². The maximum atomic E-state index is 12.8. The van der Waals surface area contributed by atoms with Crippen LogP contribution in [0.2, 0.25) is 0 Å². The molecule has 0 amide bonds. The molecule has 2 heterocycles. The van der Waals surface area contributed by atoms with Gasteiger partial charge in [-0.1, -0.05) is 18.6 Å². The van der Waals surface area contributed by atoms with Crippen LogP contribution < -0.4 is 0 Å². The number of thioether (sulfide) groups is 2. The highest BCUT2D eigenvalue weighted by molar-refractivity contribution is 8.21. The quantitative estimate of drug-likeness (QED) is 0.465. The molecule has 6 atom stereocenters. The van der Waals surface area contributed by atoms with Crippen LogP contribution >= 0.6 is 23.5 Å². The molecule has 31 heavy (non-hydrogen) atoms. The number of hydrogen-bond donors (Lipinski definition) is 0. The lowest BCUT2D eigenvalue weighted by atomic mass is 9.47. The second-order valence-corrected chi connectivity index (χ2v) is 14.4. The van der Waals surface area contributed by atoms with Gasteiger partial charge in [-0.3, -0.25) is 4.79 Å². The number of carbonyl (C=O) groups is 1. The highest BCUT2D eigenvalue weighted by atomic mass is 32.2. The van der Waals surface area contributed by atoms with E-state index in [1.807, 2.05) is 0 Å². The van der Waals surface area contributed by atoms with Gasteiger partial charge in [-0.25, -0.2) is 0 Å². The van der Waals surface area contributed by atoms with Crippen molar-refractivity contribution in [3.8, 4) is 0 Å². The van der Waals surface area contributed by atoms with Crippen molar-refractivity contribution in [3.05, 3.63) is 11.6 Å². The summed E-state index contributed by atoms with van der Waals surface area (Å²) in [6, 6.07) is 0. The van der Waals surface area contributed by atoms with Gasteiger partial charge in [0.25, 0.3) is 0 Å². The summed E-state index contributed by atoms with van der Waals surface area (Å²) in [5.41, 5.74) is 1.86. The topological polar surface area (TPSA) is 35.5 Å². The molecule has 0 aromatic heterocycles. The van der Waals surface area contributed by atoms with Crippen LogP contribution in [0.25, 0.3) is 0 Å². The van der Waals surface area contributed by atoms with E-state index in [-0.39, 0.29) is 17.1 Å². The second-order valence-electron chi connectivity index (χ2n) is 11.3. The molecule has 3 nitrogen and oxygen atoms in total. The van der Waals surface area contributed by atoms with E-state index in [1.165, 1.54) is 56.5 Å². The number of carbonyl (C=O) groups excluding carboxylic acids is 1. The molecule has 2 saturated heterocycles. The van der Waals surface area contributed by atoms with Gasteiger partial charge in [-0.05, 0) is 82.0 Å². The predicted molar refractivity (Wildman–Crippen MR) is 128 cm³/mol. The van der Waals surface area contributed by atoms with Crippen LogP contribution in [-0.4, -0.2) is 40.9 Å². The van der Waals surface area contributed by atoms with Gasteiger partial charge in [-0.2, -0.15) is 0 Å². The van der Waals surface area contributed by atoms with E-state index in [9.17, 15) is 4.79 Å². The van der Waals surface area contributed by atoms with Crippen molar-refractivity contribution in [1.82, 2.24) is 0 Å². The SMILES string of the molecule is C[C@]12CC[C@H]3[C@@H](CCC4=CC5(CC[C@@]43COC3CCCCO3)SCCS5)[C@@H]1CCC2=O. The van der Waals surface area contributed by atoms with Crippen molar-refractivity contribution >= 4 is 29.3 Å². The van der Waals surface area contributed by atoms with E-state index in [0.29, 0.717) is 27.6 Å². The fraction of sp³-hybridized carbons (Fsp3) is 0.885. The molecule has 3 saturated carbocycles. The molecule has 172 valence electrons. The van der Waals surface area contributed by atoms with Gasteiger partial charge in [0.1, 0.15) is 5.78 Å². The van der Waals surface area contributed by atoms with Crippen LogP contribution in [-0.2, 0) is 14.3 Å². The van der Waals surface area contributed by atoms with Gasteiger partial charge in [0.15, 0.2) is 6.29 Å². The third-order valence-corrected chi connectivity index (χ3v) is 13.4. The Labute approximate surface area is 196 Å². The summed E-state index contributed by atoms with van der Waals surface area (Å²) in [6.07, 6.45) is 15.5. The van der Waals surface area contributed by atoms with Crippen molar-refractivity contribution in [2.45, 2.75) is 87.9 Å². The van der Waals surface area contributed by atoms with Gasteiger partial charge in [-0.15, -0.1) is 23.5 Å². The zero-order valence-electron chi connectivity index (χ0n) is 19.0. The molecule has 0 aromatic rings. The lowest BCUT2D eigenvalue weighted by Gasteiger charge is -2.59. The first-order valence-electron chi connectivity index (χ1n) is 12.8. The second kappa shape index (κ2) is 8.06. The first kappa shape index (κ1) is 21.6. The molecule has 0 radical (unpaired) electrons. The summed E-state index contributed by atoms with van der Waals surface area (Å²) >= 11 is 4.37. The molecular weight excluding hydrogens is 424 g/mol. The van der Waals surface area contributed by atoms with Crippen molar-refractivity contribution in [2.75, 3.05) is 24.7 Å². The monoisotopic (exact) mass is 462 g/mol. The predicted octanol–water partition coefficient (Wildman–Crippen LogP) is 6.22. The number of ketones is 1. The fourth-order valence-electron chi connectivity index (χ4n) is 8.31. The Morgan fingerprint density at radius 1 is 1.03 bits per heavy atom. The minimum atomic E-state index is -0.0377. The molecule has 4 aliphatic carbocycles. The molecule has 5 fully saturated rings. The maximum Gasteiger partial charge on any atom is 0.157 e.